The van der Waals surface area contributed by atoms with Crippen molar-refractivity contribution >= 4 is 18.0 Å². The van der Waals surface area contributed by atoms with Gasteiger partial charge >= 0.3 is 18.0 Å². The second-order valence-corrected chi connectivity index (χ2v) is 4.29. The van der Waals surface area contributed by atoms with Gasteiger partial charge in [0.2, 0.25) is 0 Å². The highest BCUT2D eigenvalue weighted by atomic mass is 16.4. The van der Waals surface area contributed by atoms with Crippen LogP contribution in [-0.2, 0) is 9.59 Å². The molecule has 0 spiro atoms. The third-order valence-corrected chi connectivity index (χ3v) is 2.58. The van der Waals surface area contributed by atoms with Crippen LogP contribution in [0.5, 0.6) is 0 Å². The molecule has 0 radical (unpaired) electrons. The molecule has 0 aromatic carbocycles. The highest BCUT2D eigenvalue weighted by Gasteiger charge is 2.21. The fraction of sp³-hybridized carbons (Fsp3) is 0.600. The molecule has 0 aliphatic carbocycles. The molecular formula is C10H16N6O5. The summed E-state index contributed by atoms with van der Waals surface area (Å²) in [5.41, 5.74) is 0. The molecular weight excluding hydrogens is 284 g/mol. The molecule has 1 unspecified atom stereocenters. The lowest BCUT2D eigenvalue weighted by atomic mass is 10.1. The summed E-state index contributed by atoms with van der Waals surface area (Å²) in [6.45, 7) is 1.60. The third-order valence-electron chi connectivity index (χ3n) is 2.58. The second-order valence-electron chi connectivity index (χ2n) is 4.29. The zero-order chi connectivity index (χ0) is 15.8. The molecule has 0 saturated carbocycles. The highest BCUT2D eigenvalue weighted by Crippen LogP contribution is 2.04. The van der Waals surface area contributed by atoms with Crippen LogP contribution in [0, 0.1) is 0 Å². The number of nitrogens with one attached hydrogen (secondary N) is 3. The highest BCUT2D eigenvalue weighted by molar-refractivity contribution is 5.82. The third kappa shape index (κ3) is 5.84. The molecule has 21 heavy (non-hydrogen) atoms. The molecule has 1 aromatic rings. The molecule has 116 valence electrons. The molecule has 2 atom stereocenters. The van der Waals surface area contributed by atoms with Crippen LogP contribution in [0.4, 0.5) is 4.79 Å². The summed E-state index contributed by atoms with van der Waals surface area (Å²) < 4.78 is 0. The van der Waals surface area contributed by atoms with E-state index in [2.05, 4.69) is 31.3 Å². The van der Waals surface area contributed by atoms with Crippen LogP contribution in [0.1, 0.15) is 38.1 Å². The van der Waals surface area contributed by atoms with Crippen LogP contribution in [0.25, 0.3) is 0 Å². The minimum Gasteiger partial charge on any atom is -0.481 e. The van der Waals surface area contributed by atoms with E-state index in [0.717, 1.165) is 0 Å². The topological polar surface area (TPSA) is 170 Å². The second kappa shape index (κ2) is 7.77. The zero-order valence-electron chi connectivity index (χ0n) is 11.2. The predicted molar refractivity (Wildman–Crippen MR) is 67.2 cm³/mol. The van der Waals surface area contributed by atoms with Crippen molar-refractivity contribution in [3.63, 3.8) is 0 Å². The predicted octanol–water partition coefficient (Wildman–Crippen LogP) is -0.732. The van der Waals surface area contributed by atoms with Crippen molar-refractivity contribution in [2.24, 2.45) is 0 Å². The van der Waals surface area contributed by atoms with Crippen LogP contribution in [0.15, 0.2) is 0 Å². The smallest absolute Gasteiger partial charge is 0.326 e. The molecule has 1 rings (SSSR count). The van der Waals surface area contributed by atoms with E-state index in [1.54, 1.807) is 6.92 Å². The number of carboxylic acids is 2. The van der Waals surface area contributed by atoms with E-state index >= 15 is 0 Å². The van der Waals surface area contributed by atoms with Gasteiger partial charge in [-0.1, -0.05) is 5.21 Å². The van der Waals surface area contributed by atoms with Gasteiger partial charge in [-0.15, -0.1) is 10.2 Å². The van der Waals surface area contributed by atoms with Crippen molar-refractivity contribution in [3.05, 3.63) is 5.82 Å². The number of aliphatic carboxylic acids is 2. The average molecular weight is 300 g/mol. The van der Waals surface area contributed by atoms with Crippen LogP contribution < -0.4 is 10.6 Å². The number of carbonyl (C=O) groups excluding carboxylic acids is 1. The molecule has 0 aliphatic heterocycles. The Morgan fingerprint density at radius 1 is 1.29 bits per heavy atom. The number of amides is 2. The van der Waals surface area contributed by atoms with E-state index in [1.807, 2.05) is 0 Å². The first-order chi connectivity index (χ1) is 9.90. The molecule has 11 heteroatoms. The van der Waals surface area contributed by atoms with Gasteiger partial charge in [0.1, 0.15) is 6.04 Å². The Hall–Kier alpha value is -2.72. The Balaban J connectivity index is 2.45. The van der Waals surface area contributed by atoms with Crippen LogP contribution in [0.3, 0.4) is 0 Å². The standard InChI is InChI=1S/C10H16N6O5/c1-5(8-13-15-16-14-8)11-10(21)12-6(9(19)20)3-2-4-7(17)18/h5-6H,2-4H2,1H3,(H,17,18)(H,19,20)(H2,11,12,21)(H,13,14,15,16)/t5?,6-/m1/s1. The maximum absolute atomic E-state index is 11.7. The fourth-order valence-electron chi connectivity index (χ4n) is 1.53. The molecule has 0 fully saturated rings. The lowest BCUT2D eigenvalue weighted by Gasteiger charge is -2.16. The number of carboxylic acid groups (broad SMARTS) is 2. The zero-order valence-corrected chi connectivity index (χ0v) is 11.2. The summed E-state index contributed by atoms with van der Waals surface area (Å²) >= 11 is 0. The quantitative estimate of drug-likeness (QED) is 0.418. The Kier molecular flexibility index (Phi) is 6.04. The minimum atomic E-state index is -1.23. The van der Waals surface area contributed by atoms with Gasteiger partial charge in [0.05, 0.1) is 6.04 Å². The van der Waals surface area contributed by atoms with Crippen LogP contribution in [-0.4, -0.2) is 54.8 Å². The molecule has 0 bridgehead atoms. The number of nitrogens with zero attached hydrogens (tertiary/aromatic N) is 3. The normalized spacial score (nSPS) is 13.2. The summed E-state index contributed by atoms with van der Waals surface area (Å²) in [5.74, 6) is -2.00. The van der Waals surface area contributed by atoms with Crippen molar-refractivity contribution in [1.29, 1.82) is 0 Å². The first-order valence-corrected chi connectivity index (χ1v) is 6.15. The van der Waals surface area contributed by atoms with Crippen molar-refractivity contribution in [2.45, 2.75) is 38.3 Å². The van der Waals surface area contributed by atoms with Gasteiger partial charge in [0, 0.05) is 6.42 Å². The maximum atomic E-state index is 11.7. The number of H-pyrrole nitrogens is 1. The summed E-state index contributed by atoms with van der Waals surface area (Å²) in [6.07, 6.45) is 0.00492. The van der Waals surface area contributed by atoms with E-state index in [1.165, 1.54) is 0 Å². The molecule has 1 heterocycles. The van der Waals surface area contributed by atoms with Crippen LogP contribution in [0.2, 0.25) is 0 Å². The summed E-state index contributed by atoms with van der Waals surface area (Å²) in [4.78, 5) is 33.0. The van der Waals surface area contributed by atoms with E-state index in [-0.39, 0.29) is 25.1 Å². The molecule has 11 nitrogen and oxygen atoms in total. The number of rotatable bonds is 8. The molecule has 0 aliphatic rings. The SMILES string of the molecule is CC(NC(=O)N[C@H](CCCC(=O)O)C(=O)O)c1nn[nH]n1. The molecule has 1 aromatic heterocycles. The van der Waals surface area contributed by atoms with Gasteiger partial charge in [-0.3, -0.25) is 4.79 Å². The number of urea groups is 1. The van der Waals surface area contributed by atoms with Crippen molar-refractivity contribution in [2.75, 3.05) is 0 Å². The summed E-state index contributed by atoms with van der Waals surface area (Å²) in [6, 6.07) is -2.44. The number of carbonyl (C=O) groups is 3. The van der Waals surface area contributed by atoms with Crippen molar-refractivity contribution in [1.82, 2.24) is 31.3 Å². The first kappa shape index (κ1) is 16.3. The van der Waals surface area contributed by atoms with Gasteiger partial charge in [0.15, 0.2) is 5.82 Å². The largest absolute Gasteiger partial charge is 0.481 e. The Bertz CT molecular complexity index is 490. The van der Waals surface area contributed by atoms with Gasteiger partial charge in [-0.05, 0) is 19.8 Å². The Labute approximate surface area is 119 Å². The van der Waals surface area contributed by atoms with Gasteiger partial charge in [-0.2, -0.15) is 5.21 Å². The lowest BCUT2D eigenvalue weighted by molar-refractivity contribution is -0.140. The minimum absolute atomic E-state index is 0.0195. The van der Waals surface area contributed by atoms with E-state index in [0.29, 0.717) is 0 Å². The van der Waals surface area contributed by atoms with Gasteiger partial charge in [-0.25, -0.2) is 9.59 Å². The van der Waals surface area contributed by atoms with E-state index in [9.17, 15) is 14.4 Å². The maximum Gasteiger partial charge on any atom is 0.326 e. The number of tetrazole rings is 1. The molecule has 2 amide bonds. The van der Waals surface area contributed by atoms with Gasteiger partial charge in [0.25, 0.3) is 0 Å². The van der Waals surface area contributed by atoms with Gasteiger partial charge < -0.3 is 20.8 Å². The van der Waals surface area contributed by atoms with E-state index in [4.69, 9.17) is 10.2 Å². The monoisotopic (exact) mass is 300 g/mol. The van der Waals surface area contributed by atoms with E-state index < -0.39 is 30.1 Å². The summed E-state index contributed by atoms with van der Waals surface area (Å²) in [5, 5.41) is 35.1. The first-order valence-electron chi connectivity index (χ1n) is 6.15. The fourth-order valence-corrected chi connectivity index (χ4v) is 1.53. The van der Waals surface area contributed by atoms with Crippen molar-refractivity contribution in [3.8, 4) is 0 Å². The lowest BCUT2D eigenvalue weighted by Crippen LogP contribution is -2.46. The average Bonchev–Trinajstić information content (AvgIpc) is 2.90. The number of hydrogen-bond acceptors (Lipinski definition) is 6. The molecule has 5 N–H and O–H groups in total. The van der Waals surface area contributed by atoms with Crippen molar-refractivity contribution < 1.29 is 24.6 Å². The number of aromatic nitrogens is 4. The summed E-state index contributed by atoms with van der Waals surface area (Å²) in [7, 11) is 0. The number of hydrogen-bond donors (Lipinski definition) is 5. The van der Waals surface area contributed by atoms with Crippen LogP contribution >= 0.6 is 0 Å². The number of aromatic amines is 1. The Morgan fingerprint density at radius 3 is 2.52 bits per heavy atom. The molecule has 0 saturated heterocycles. The Morgan fingerprint density at radius 2 is 2.00 bits per heavy atom.